The minimum atomic E-state index is -0.868. The molecule has 3 atom stereocenters. The van der Waals surface area contributed by atoms with Crippen LogP contribution in [0.15, 0.2) is 0 Å². The highest BCUT2D eigenvalue weighted by atomic mass is 32.2. The second-order valence-electron chi connectivity index (χ2n) is 4.67. The van der Waals surface area contributed by atoms with Gasteiger partial charge in [-0.3, -0.25) is 9.59 Å². The number of nitrogens with two attached hydrogens (primary N) is 1. The summed E-state index contributed by atoms with van der Waals surface area (Å²) in [5.41, 5.74) is 5.84. The molecule has 0 spiro atoms. The number of ether oxygens (including phenoxy) is 1. The highest BCUT2D eigenvalue weighted by molar-refractivity contribution is 7.99. The van der Waals surface area contributed by atoms with Gasteiger partial charge in [0.15, 0.2) is 0 Å². The molecule has 102 valence electrons. The third kappa shape index (κ3) is 2.96. The number of amides is 1. The fraction of sp³-hybridized carbons (Fsp3) is 0.818. The number of thioether (sulfide) groups is 1. The van der Waals surface area contributed by atoms with Gasteiger partial charge < -0.3 is 20.5 Å². The SMILES string of the molecule is NC1COCC1C(=O)N1CCSCC1CC(=O)O. The topological polar surface area (TPSA) is 92.9 Å². The second kappa shape index (κ2) is 5.90. The average Bonchev–Trinajstić information content (AvgIpc) is 2.74. The lowest BCUT2D eigenvalue weighted by molar-refractivity contribution is -0.142. The van der Waals surface area contributed by atoms with Gasteiger partial charge in [0, 0.05) is 24.1 Å². The van der Waals surface area contributed by atoms with E-state index in [9.17, 15) is 9.59 Å². The summed E-state index contributed by atoms with van der Waals surface area (Å²) in [6, 6.07) is -0.487. The van der Waals surface area contributed by atoms with Crippen LogP contribution in [0.2, 0.25) is 0 Å². The van der Waals surface area contributed by atoms with Crippen LogP contribution in [0.1, 0.15) is 6.42 Å². The molecule has 2 fully saturated rings. The molecule has 0 bridgehead atoms. The highest BCUT2D eigenvalue weighted by Crippen LogP contribution is 2.23. The van der Waals surface area contributed by atoms with E-state index < -0.39 is 5.97 Å². The van der Waals surface area contributed by atoms with E-state index in [1.807, 2.05) is 0 Å². The maximum Gasteiger partial charge on any atom is 0.305 e. The van der Waals surface area contributed by atoms with E-state index in [1.165, 1.54) is 0 Å². The van der Waals surface area contributed by atoms with Gasteiger partial charge in [-0.05, 0) is 0 Å². The number of carbonyl (C=O) groups is 2. The maximum absolute atomic E-state index is 12.4. The Morgan fingerprint density at radius 1 is 1.44 bits per heavy atom. The monoisotopic (exact) mass is 274 g/mol. The molecule has 2 aliphatic rings. The molecule has 3 N–H and O–H groups in total. The first-order valence-corrected chi connectivity index (χ1v) is 7.18. The van der Waals surface area contributed by atoms with E-state index >= 15 is 0 Å². The van der Waals surface area contributed by atoms with Gasteiger partial charge in [-0.2, -0.15) is 11.8 Å². The summed E-state index contributed by atoms with van der Waals surface area (Å²) in [4.78, 5) is 24.9. The first-order chi connectivity index (χ1) is 8.59. The van der Waals surface area contributed by atoms with E-state index in [2.05, 4.69) is 0 Å². The molecular weight excluding hydrogens is 256 g/mol. The molecule has 0 aromatic rings. The molecule has 0 aromatic heterocycles. The Balaban J connectivity index is 2.03. The lowest BCUT2D eigenvalue weighted by Crippen LogP contribution is -2.52. The van der Waals surface area contributed by atoms with Crippen LogP contribution in [0.4, 0.5) is 0 Å². The van der Waals surface area contributed by atoms with Gasteiger partial charge in [-0.1, -0.05) is 0 Å². The molecule has 7 heteroatoms. The van der Waals surface area contributed by atoms with Gasteiger partial charge in [-0.15, -0.1) is 0 Å². The second-order valence-corrected chi connectivity index (χ2v) is 5.82. The lowest BCUT2D eigenvalue weighted by atomic mass is 10.0. The van der Waals surface area contributed by atoms with Crippen molar-refractivity contribution in [1.82, 2.24) is 4.90 Å². The number of carbonyl (C=O) groups excluding carboxylic acids is 1. The van der Waals surface area contributed by atoms with Crippen molar-refractivity contribution in [2.24, 2.45) is 11.7 Å². The predicted molar refractivity (Wildman–Crippen MR) is 67.4 cm³/mol. The maximum atomic E-state index is 12.4. The minimum absolute atomic E-state index is 0.00154. The van der Waals surface area contributed by atoms with Crippen LogP contribution in [-0.2, 0) is 14.3 Å². The summed E-state index contributed by atoms with van der Waals surface area (Å²) in [6.07, 6.45) is 0.00154. The van der Waals surface area contributed by atoms with Crippen molar-refractivity contribution in [3.05, 3.63) is 0 Å². The number of carboxylic acids is 1. The van der Waals surface area contributed by atoms with Crippen LogP contribution < -0.4 is 5.73 Å². The highest BCUT2D eigenvalue weighted by Gasteiger charge is 2.38. The third-order valence-corrected chi connectivity index (χ3v) is 4.45. The summed E-state index contributed by atoms with van der Waals surface area (Å²) in [5.74, 6) is 0.300. The molecular formula is C11H18N2O4S. The van der Waals surface area contributed by atoms with Gasteiger partial charge in [-0.25, -0.2) is 0 Å². The van der Waals surface area contributed by atoms with Crippen LogP contribution >= 0.6 is 11.8 Å². The summed E-state index contributed by atoms with van der Waals surface area (Å²) in [7, 11) is 0. The van der Waals surface area contributed by atoms with Crippen molar-refractivity contribution < 1.29 is 19.4 Å². The fourth-order valence-electron chi connectivity index (χ4n) is 2.35. The van der Waals surface area contributed by atoms with Gasteiger partial charge in [0.2, 0.25) is 5.91 Å². The smallest absolute Gasteiger partial charge is 0.305 e. The van der Waals surface area contributed by atoms with Gasteiger partial charge >= 0.3 is 5.97 Å². The Hall–Kier alpha value is -0.790. The van der Waals surface area contributed by atoms with Crippen molar-refractivity contribution in [3.63, 3.8) is 0 Å². The average molecular weight is 274 g/mol. The zero-order valence-corrected chi connectivity index (χ0v) is 10.9. The number of hydrogen-bond donors (Lipinski definition) is 2. The zero-order valence-electron chi connectivity index (χ0n) is 10.1. The molecule has 2 heterocycles. The molecule has 6 nitrogen and oxygen atoms in total. The molecule has 18 heavy (non-hydrogen) atoms. The van der Waals surface area contributed by atoms with E-state index in [1.54, 1.807) is 16.7 Å². The summed E-state index contributed by atoms with van der Waals surface area (Å²) >= 11 is 1.69. The molecule has 2 rings (SSSR count). The van der Waals surface area contributed by atoms with Crippen LogP contribution in [0.3, 0.4) is 0 Å². The lowest BCUT2D eigenvalue weighted by Gasteiger charge is -2.36. The Bertz CT molecular complexity index is 339. The van der Waals surface area contributed by atoms with E-state index in [0.29, 0.717) is 25.5 Å². The van der Waals surface area contributed by atoms with Crippen molar-refractivity contribution >= 4 is 23.6 Å². The molecule has 2 aliphatic heterocycles. The number of aliphatic carboxylic acids is 1. The van der Waals surface area contributed by atoms with Crippen molar-refractivity contribution in [3.8, 4) is 0 Å². The molecule has 0 radical (unpaired) electrons. The number of hydrogen-bond acceptors (Lipinski definition) is 5. The van der Waals surface area contributed by atoms with Crippen LogP contribution in [0.5, 0.6) is 0 Å². The molecule has 3 unspecified atom stereocenters. The standard InChI is InChI=1S/C11H18N2O4S/c12-9-5-17-4-8(9)11(16)13-1-2-18-6-7(13)3-10(14)15/h7-9H,1-6,12H2,(H,14,15). The summed E-state index contributed by atoms with van der Waals surface area (Å²) < 4.78 is 5.20. The largest absolute Gasteiger partial charge is 0.481 e. The fourth-order valence-corrected chi connectivity index (χ4v) is 3.42. The third-order valence-electron chi connectivity index (χ3n) is 3.36. The number of carboxylic acid groups (broad SMARTS) is 1. The summed E-state index contributed by atoms with van der Waals surface area (Å²) in [6.45, 7) is 1.36. The minimum Gasteiger partial charge on any atom is -0.481 e. The molecule has 1 amide bonds. The molecule has 0 saturated carbocycles. The summed E-state index contributed by atoms with van der Waals surface area (Å²) in [5, 5.41) is 8.89. The quantitative estimate of drug-likeness (QED) is 0.712. The van der Waals surface area contributed by atoms with E-state index in [0.717, 1.165) is 5.75 Å². The van der Waals surface area contributed by atoms with E-state index in [4.69, 9.17) is 15.6 Å². The first-order valence-electron chi connectivity index (χ1n) is 6.03. The van der Waals surface area contributed by atoms with Crippen LogP contribution in [0.25, 0.3) is 0 Å². The van der Waals surface area contributed by atoms with Gasteiger partial charge in [0.25, 0.3) is 0 Å². The zero-order chi connectivity index (χ0) is 13.1. The number of rotatable bonds is 3. The van der Waals surface area contributed by atoms with Gasteiger partial charge in [0.1, 0.15) is 0 Å². The Kier molecular flexibility index (Phi) is 4.47. The normalized spacial score (nSPS) is 32.5. The molecule has 0 aromatic carbocycles. The molecule has 2 saturated heterocycles. The predicted octanol–water partition coefficient (Wildman–Crippen LogP) is -0.621. The van der Waals surface area contributed by atoms with Crippen LogP contribution in [0, 0.1) is 5.92 Å². The number of nitrogens with zero attached hydrogens (tertiary/aromatic N) is 1. The Morgan fingerprint density at radius 2 is 2.22 bits per heavy atom. The van der Waals surface area contributed by atoms with E-state index in [-0.39, 0.29) is 30.3 Å². The van der Waals surface area contributed by atoms with Gasteiger partial charge in [0.05, 0.1) is 31.6 Å². The Morgan fingerprint density at radius 3 is 2.83 bits per heavy atom. The molecule has 0 aliphatic carbocycles. The van der Waals surface area contributed by atoms with Crippen molar-refractivity contribution in [2.75, 3.05) is 31.3 Å². The van der Waals surface area contributed by atoms with Crippen LogP contribution in [-0.4, -0.2) is 65.2 Å². The van der Waals surface area contributed by atoms with Crippen molar-refractivity contribution in [1.29, 1.82) is 0 Å². The Labute approximate surface area is 110 Å². The van der Waals surface area contributed by atoms with Crippen molar-refractivity contribution in [2.45, 2.75) is 18.5 Å². The first kappa shape index (κ1) is 13.6.